The van der Waals surface area contributed by atoms with E-state index >= 15 is 0 Å². The van der Waals surface area contributed by atoms with E-state index in [2.05, 4.69) is 21.6 Å². The van der Waals surface area contributed by atoms with Gasteiger partial charge in [0.05, 0.1) is 22.8 Å². The molecule has 1 aliphatic heterocycles. The topological polar surface area (TPSA) is 81.8 Å². The average Bonchev–Trinajstić information content (AvgIpc) is 2.79. The Hall–Kier alpha value is -2.58. The molecule has 0 saturated carbocycles. The van der Waals surface area contributed by atoms with Crippen molar-refractivity contribution in [1.82, 2.24) is 4.31 Å². The summed E-state index contributed by atoms with van der Waals surface area (Å²) in [6.07, 6.45) is 3.65. The van der Waals surface area contributed by atoms with Gasteiger partial charge in [0, 0.05) is 31.9 Å². The smallest absolute Gasteiger partial charge is 0.243 e. The molecule has 168 valence electrons. The van der Waals surface area contributed by atoms with Crippen molar-refractivity contribution in [2.75, 3.05) is 48.3 Å². The number of para-hydroxylation sites is 2. The molecule has 0 spiro atoms. The minimum Gasteiger partial charge on any atom is -0.374 e. The van der Waals surface area contributed by atoms with Crippen molar-refractivity contribution in [2.24, 2.45) is 0 Å². The van der Waals surface area contributed by atoms with Gasteiger partial charge in [0.2, 0.25) is 15.9 Å². The summed E-state index contributed by atoms with van der Waals surface area (Å²) < 4.78 is 26.6. The van der Waals surface area contributed by atoms with E-state index in [1.807, 2.05) is 32.0 Å². The summed E-state index contributed by atoms with van der Waals surface area (Å²) in [6.45, 7) is 6.66. The van der Waals surface area contributed by atoms with Crippen molar-refractivity contribution in [3.8, 4) is 0 Å². The Kier molecular flexibility index (Phi) is 7.92. The van der Waals surface area contributed by atoms with Crippen LogP contribution in [0.2, 0.25) is 0 Å². The van der Waals surface area contributed by atoms with E-state index in [1.54, 1.807) is 12.1 Å². The molecule has 1 aliphatic rings. The summed E-state index contributed by atoms with van der Waals surface area (Å²) in [7, 11) is -3.50. The highest BCUT2D eigenvalue weighted by Gasteiger charge is 2.21. The highest BCUT2D eigenvalue weighted by molar-refractivity contribution is 7.89. The number of benzene rings is 2. The molecule has 1 amide bonds. The fraction of sp³-hybridized carbons (Fsp3) is 0.435. The van der Waals surface area contributed by atoms with Gasteiger partial charge in [-0.3, -0.25) is 4.79 Å². The Labute approximate surface area is 185 Å². The van der Waals surface area contributed by atoms with Crippen LogP contribution in [-0.2, 0) is 14.8 Å². The van der Waals surface area contributed by atoms with Gasteiger partial charge in [-0.05, 0) is 55.7 Å². The van der Waals surface area contributed by atoms with Gasteiger partial charge in [0.25, 0.3) is 0 Å². The number of carbonyl (C=O) groups excluding carboxylic acids is 1. The Balaban J connectivity index is 1.60. The molecule has 0 aliphatic carbocycles. The zero-order chi connectivity index (χ0) is 22.3. The number of rotatable bonds is 9. The Morgan fingerprint density at radius 2 is 1.61 bits per heavy atom. The second kappa shape index (κ2) is 10.6. The van der Waals surface area contributed by atoms with Crippen LogP contribution in [0.1, 0.15) is 33.1 Å². The summed E-state index contributed by atoms with van der Waals surface area (Å²) in [4.78, 5) is 15.0. The van der Waals surface area contributed by atoms with E-state index in [1.165, 1.54) is 35.7 Å². The lowest BCUT2D eigenvalue weighted by Gasteiger charge is -2.30. The number of anilines is 3. The zero-order valence-corrected chi connectivity index (χ0v) is 19.1. The first-order chi connectivity index (χ1) is 15.0. The molecule has 3 rings (SSSR count). The highest BCUT2D eigenvalue weighted by Crippen LogP contribution is 2.28. The van der Waals surface area contributed by atoms with Gasteiger partial charge < -0.3 is 15.5 Å². The molecule has 2 N–H and O–H groups in total. The molecule has 0 radical (unpaired) electrons. The number of hydrogen-bond donors (Lipinski definition) is 2. The lowest BCUT2D eigenvalue weighted by molar-refractivity contribution is -0.114. The van der Waals surface area contributed by atoms with Crippen LogP contribution >= 0.6 is 0 Å². The molecule has 2 aromatic rings. The van der Waals surface area contributed by atoms with Gasteiger partial charge in [-0.25, -0.2) is 8.42 Å². The molecule has 0 atom stereocenters. The van der Waals surface area contributed by atoms with Gasteiger partial charge in [0.1, 0.15) is 0 Å². The quantitative estimate of drug-likeness (QED) is 0.615. The predicted octanol–water partition coefficient (Wildman–Crippen LogP) is 3.76. The molecule has 0 aromatic heterocycles. The highest BCUT2D eigenvalue weighted by atomic mass is 32.2. The largest absolute Gasteiger partial charge is 0.374 e. The maximum Gasteiger partial charge on any atom is 0.243 e. The molecule has 7 nitrogen and oxygen atoms in total. The number of amides is 1. The summed E-state index contributed by atoms with van der Waals surface area (Å²) >= 11 is 0. The summed E-state index contributed by atoms with van der Waals surface area (Å²) in [5.74, 6) is -0.187. The van der Waals surface area contributed by atoms with E-state index in [9.17, 15) is 13.2 Å². The number of piperidine rings is 1. The first-order valence-electron chi connectivity index (χ1n) is 10.9. The Morgan fingerprint density at radius 1 is 0.968 bits per heavy atom. The minimum absolute atomic E-state index is 0.129. The molecule has 1 fully saturated rings. The van der Waals surface area contributed by atoms with Crippen LogP contribution in [0.4, 0.5) is 17.1 Å². The number of carbonyl (C=O) groups is 1. The normalized spacial score (nSPS) is 14.5. The van der Waals surface area contributed by atoms with Crippen molar-refractivity contribution in [1.29, 1.82) is 0 Å². The average molecular weight is 445 g/mol. The molecule has 2 aromatic carbocycles. The second-order valence-electron chi connectivity index (χ2n) is 7.58. The molecule has 0 unspecified atom stereocenters. The minimum atomic E-state index is -3.50. The fourth-order valence-electron chi connectivity index (χ4n) is 3.84. The Bertz CT molecular complexity index is 967. The summed E-state index contributed by atoms with van der Waals surface area (Å²) in [5, 5.41) is 6.06. The van der Waals surface area contributed by atoms with Gasteiger partial charge in [-0.1, -0.05) is 26.0 Å². The molecular weight excluding hydrogens is 412 g/mol. The standard InChI is InChI=1S/C23H32N4O3S/c1-3-27(4-2)31(29,30)20-14-12-19(13-15-20)25-23(28)18-24-21-10-6-7-11-22(21)26-16-8-5-9-17-26/h6-7,10-15,24H,3-5,8-9,16-18H2,1-2H3,(H,25,28). The van der Waals surface area contributed by atoms with Gasteiger partial charge in [-0.2, -0.15) is 4.31 Å². The van der Waals surface area contributed by atoms with Crippen LogP contribution in [0.3, 0.4) is 0 Å². The molecule has 8 heteroatoms. The SMILES string of the molecule is CCN(CC)S(=O)(=O)c1ccc(NC(=O)CNc2ccccc2N2CCCCC2)cc1. The van der Waals surface area contributed by atoms with E-state index in [-0.39, 0.29) is 17.3 Å². The number of nitrogens with one attached hydrogen (secondary N) is 2. The molecular formula is C23H32N4O3S. The van der Waals surface area contributed by atoms with E-state index in [0.717, 1.165) is 24.5 Å². The number of nitrogens with zero attached hydrogens (tertiary/aromatic N) is 2. The van der Waals surface area contributed by atoms with E-state index in [0.29, 0.717) is 18.8 Å². The maximum atomic E-state index is 12.6. The lowest BCUT2D eigenvalue weighted by Crippen LogP contribution is -2.31. The van der Waals surface area contributed by atoms with Crippen LogP contribution in [0.5, 0.6) is 0 Å². The first kappa shape index (κ1) is 23.1. The maximum absolute atomic E-state index is 12.6. The van der Waals surface area contributed by atoms with Crippen molar-refractivity contribution >= 4 is 33.0 Å². The third kappa shape index (κ3) is 5.77. The van der Waals surface area contributed by atoms with Crippen LogP contribution in [0.15, 0.2) is 53.4 Å². The van der Waals surface area contributed by atoms with E-state index < -0.39 is 10.0 Å². The second-order valence-corrected chi connectivity index (χ2v) is 9.52. The van der Waals surface area contributed by atoms with Crippen molar-refractivity contribution in [2.45, 2.75) is 38.0 Å². The van der Waals surface area contributed by atoms with Gasteiger partial charge in [0.15, 0.2) is 0 Å². The van der Waals surface area contributed by atoms with Crippen molar-refractivity contribution in [3.05, 3.63) is 48.5 Å². The van der Waals surface area contributed by atoms with Crippen LogP contribution in [0.25, 0.3) is 0 Å². The van der Waals surface area contributed by atoms with Crippen LogP contribution < -0.4 is 15.5 Å². The molecule has 1 heterocycles. The van der Waals surface area contributed by atoms with Gasteiger partial charge in [-0.15, -0.1) is 0 Å². The molecule has 0 bridgehead atoms. The van der Waals surface area contributed by atoms with Crippen LogP contribution in [0, 0.1) is 0 Å². The molecule has 1 saturated heterocycles. The lowest BCUT2D eigenvalue weighted by atomic mass is 10.1. The fourth-order valence-corrected chi connectivity index (χ4v) is 5.30. The first-order valence-corrected chi connectivity index (χ1v) is 12.4. The predicted molar refractivity (Wildman–Crippen MR) is 126 cm³/mol. The Morgan fingerprint density at radius 3 is 2.26 bits per heavy atom. The molecule has 31 heavy (non-hydrogen) atoms. The number of sulfonamides is 1. The van der Waals surface area contributed by atoms with E-state index in [4.69, 9.17) is 0 Å². The zero-order valence-electron chi connectivity index (χ0n) is 18.3. The summed E-state index contributed by atoms with van der Waals surface area (Å²) in [5.41, 5.74) is 2.63. The monoisotopic (exact) mass is 444 g/mol. The van der Waals surface area contributed by atoms with Crippen molar-refractivity contribution < 1.29 is 13.2 Å². The van der Waals surface area contributed by atoms with Gasteiger partial charge >= 0.3 is 0 Å². The van der Waals surface area contributed by atoms with Crippen molar-refractivity contribution in [3.63, 3.8) is 0 Å². The third-order valence-corrected chi connectivity index (χ3v) is 7.59. The number of hydrogen-bond acceptors (Lipinski definition) is 5. The third-order valence-electron chi connectivity index (χ3n) is 5.52. The van der Waals surface area contributed by atoms with Crippen LogP contribution in [-0.4, -0.2) is 51.4 Å². The summed E-state index contributed by atoms with van der Waals surface area (Å²) in [6, 6.07) is 14.4.